The lowest BCUT2D eigenvalue weighted by atomic mass is 10.5. The van der Waals surface area contributed by atoms with E-state index in [0.29, 0.717) is 106 Å². The van der Waals surface area contributed by atoms with Crippen LogP contribution < -0.4 is 0 Å². The van der Waals surface area contributed by atoms with Crippen molar-refractivity contribution >= 4 is 5.97 Å². The lowest BCUT2D eigenvalue weighted by Gasteiger charge is -2.07. The summed E-state index contributed by atoms with van der Waals surface area (Å²) < 4.78 is 44.5. The Labute approximate surface area is 216 Å². The summed E-state index contributed by atoms with van der Waals surface area (Å²) in [5.74, 6) is -0.878. The average molecular weight is 540 g/mol. The van der Waals surface area contributed by atoms with Gasteiger partial charge in [-0.05, 0) is 0 Å². The van der Waals surface area contributed by atoms with E-state index in [2.05, 4.69) is 15.2 Å². The van der Waals surface area contributed by atoms with Crippen LogP contribution in [0.25, 0.3) is 0 Å². The predicted octanol–water partition coefficient (Wildman–Crippen LogP) is -0.125. The van der Waals surface area contributed by atoms with Crippen molar-refractivity contribution in [3.63, 3.8) is 0 Å². The van der Waals surface area contributed by atoms with E-state index < -0.39 is 5.97 Å². The van der Waals surface area contributed by atoms with Gasteiger partial charge < -0.3 is 43.0 Å². The molecule has 2 N–H and O–H groups in total. The van der Waals surface area contributed by atoms with Gasteiger partial charge >= 0.3 is 5.97 Å². The summed E-state index contributed by atoms with van der Waals surface area (Å²) in [5.41, 5.74) is 0.727. The van der Waals surface area contributed by atoms with Crippen LogP contribution in [0.4, 0.5) is 0 Å². The first-order valence-corrected chi connectivity index (χ1v) is 12.2. The van der Waals surface area contributed by atoms with Gasteiger partial charge in [0, 0.05) is 0 Å². The van der Waals surface area contributed by atoms with Crippen LogP contribution in [0.1, 0.15) is 12.1 Å². The summed E-state index contributed by atoms with van der Waals surface area (Å²) in [6, 6.07) is 0. The first-order valence-electron chi connectivity index (χ1n) is 12.2. The van der Waals surface area contributed by atoms with Crippen molar-refractivity contribution in [3.8, 4) is 0 Å². The highest BCUT2D eigenvalue weighted by atomic mass is 17.1. The molecule has 0 aromatic carbocycles. The summed E-state index contributed by atoms with van der Waals surface area (Å²) in [5, 5.41) is 24.7. The maximum atomic E-state index is 10.3. The molecule has 15 heteroatoms. The maximum Gasteiger partial charge on any atom is 0.305 e. The van der Waals surface area contributed by atoms with Gasteiger partial charge in [-0.2, -0.15) is 0 Å². The van der Waals surface area contributed by atoms with Crippen LogP contribution in [0, 0.1) is 0 Å². The maximum absolute atomic E-state index is 10.3. The minimum Gasteiger partial charge on any atom is -0.481 e. The average Bonchev–Trinajstić information content (AvgIpc) is 3.34. The Balaban J connectivity index is 1.80. The number of nitrogens with zero attached hydrogens (tertiary/aromatic N) is 3. The van der Waals surface area contributed by atoms with Crippen molar-refractivity contribution in [2.45, 2.75) is 19.6 Å². The van der Waals surface area contributed by atoms with Crippen molar-refractivity contribution in [1.29, 1.82) is 0 Å². The van der Waals surface area contributed by atoms with Crippen molar-refractivity contribution in [2.75, 3.05) is 106 Å². The molecule has 1 aromatic rings. The number of carboxylic acids is 1. The molecule has 0 fully saturated rings. The third-order valence-electron chi connectivity index (χ3n) is 4.31. The minimum absolute atomic E-state index is 0.00667. The van der Waals surface area contributed by atoms with Gasteiger partial charge in [-0.3, -0.25) is 10.1 Å². The molecule has 0 atom stereocenters. The Morgan fingerprint density at radius 2 is 1.08 bits per heavy atom. The smallest absolute Gasteiger partial charge is 0.305 e. The van der Waals surface area contributed by atoms with Crippen LogP contribution >= 0.6 is 0 Å². The first-order chi connectivity index (χ1) is 18.2. The monoisotopic (exact) mass is 539 g/mol. The Morgan fingerprint density at radius 3 is 1.57 bits per heavy atom. The molecule has 1 heterocycles. The van der Waals surface area contributed by atoms with E-state index in [4.69, 9.17) is 48.3 Å². The molecule has 0 amide bonds. The van der Waals surface area contributed by atoms with Gasteiger partial charge in [0.05, 0.1) is 125 Å². The van der Waals surface area contributed by atoms with Crippen LogP contribution in [-0.2, 0) is 60.7 Å². The van der Waals surface area contributed by atoms with Gasteiger partial charge in [-0.15, -0.1) is 5.10 Å². The lowest BCUT2D eigenvalue weighted by molar-refractivity contribution is -0.249. The normalized spacial score (nSPS) is 11.4. The Kier molecular flexibility index (Phi) is 23.2. The van der Waals surface area contributed by atoms with E-state index in [1.165, 1.54) is 0 Å². The predicted molar refractivity (Wildman–Crippen MR) is 126 cm³/mol. The van der Waals surface area contributed by atoms with Crippen molar-refractivity contribution in [1.82, 2.24) is 15.0 Å². The molecule has 37 heavy (non-hydrogen) atoms. The fourth-order valence-corrected chi connectivity index (χ4v) is 2.53. The van der Waals surface area contributed by atoms with Crippen LogP contribution in [0.5, 0.6) is 0 Å². The van der Waals surface area contributed by atoms with Crippen molar-refractivity contribution in [2.24, 2.45) is 0 Å². The zero-order chi connectivity index (χ0) is 26.7. The molecule has 15 nitrogen and oxygen atoms in total. The molecule has 1 rings (SSSR count). The van der Waals surface area contributed by atoms with Gasteiger partial charge in [0.2, 0.25) is 0 Å². The molecule has 0 aliphatic heterocycles. The molecule has 216 valence electrons. The second kappa shape index (κ2) is 25.8. The number of hydrogen-bond acceptors (Lipinski definition) is 13. The van der Waals surface area contributed by atoms with E-state index >= 15 is 0 Å². The molecule has 0 spiro atoms. The summed E-state index contributed by atoms with van der Waals surface area (Å²) in [6.45, 7) is 7.31. The Hall–Kier alpha value is -1.79. The van der Waals surface area contributed by atoms with Gasteiger partial charge in [0.15, 0.2) is 0 Å². The molecule has 1 aromatic heterocycles. The number of ether oxygens (including phenoxy) is 8. The number of hydrogen-bond donors (Lipinski definition) is 2. The van der Waals surface area contributed by atoms with Crippen LogP contribution in [0.2, 0.25) is 0 Å². The molecule has 0 radical (unpaired) electrons. The fraction of sp³-hybridized carbons (Fsp3) is 0.864. The number of carboxylic acid groups (broad SMARTS) is 1. The molecule has 0 bridgehead atoms. The highest BCUT2D eigenvalue weighted by Crippen LogP contribution is 1.97. The second-order valence-corrected chi connectivity index (χ2v) is 7.29. The standard InChI is InChI=1S/C22H41N3O12/c26-22(27)1-3-29-5-7-31-9-10-33-11-12-34-15-16-36-20-21-19-25(24-23-21)2-4-30-6-8-32-13-14-35-17-18-37-28/h19,28H,1-18,20H2,(H,26,27). The second-order valence-electron chi connectivity index (χ2n) is 7.29. The number of carbonyl (C=O) groups is 1. The van der Waals surface area contributed by atoms with E-state index in [0.717, 1.165) is 5.69 Å². The van der Waals surface area contributed by atoms with E-state index in [-0.39, 0.29) is 19.6 Å². The topological polar surface area (TPSA) is 171 Å². The van der Waals surface area contributed by atoms with E-state index in [1.54, 1.807) is 4.68 Å². The SMILES string of the molecule is O=C(O)CCOCCOCCOCCOCCOCc1cn(CCOCCOCCOCCOO)nn1. The Bertz CT molecular complexity index is 638. The van der Waals surface area contributed by atoms with Crippen molar-refractivity contribution in [3.05, 3.63) is 11.9 Å². The Morgan fingerprint density at radius 1 is 0.649 bits per heavy atom. The number of aromatic nitrogens is 3. The van der Waals surface area contributed by atoms with E-state index in [9.17, 15) is 4.79 Å². The summed E-state index contributed by atoms with van der Waals surface area (Å²) in [6.07, 6.45) is 1.81. The van der Waals surface area contributed by atoms with Crippen LogP contribution in [0.15, 0.2) is 6.20 Å². The molecule has 0 aliphatic rings. The van der Waals surface area contributed by atoms with Gasteiger partial charge in [0.1, 0.15) is 12.3 Å². The highest BCUT2D eigenvalue weighted by Gasteiger charge is 2.02. The third-order valence-corrected chi connectivity index (χ3v) is 4.31. The van der Waals surface area contributed by atoms with Gasteiger partial charge in [-0.1, -0.05) is 5.21 Å². The molecular weight excluding hydrogens is 498 g/mol. The largest absolute Gasteiger partial charge is 0.481 e. The summed E-state index contributed by atoms with van der Waals surface area (Å²) in [4.78, 5) is 14.2. The van der Waals surface area contributed by atoms with Crippen LogP contribution in [0.3, 0.4) is 0 Å². The molecule has 0 unspecified atom stereocenters. The lowest BCUT2D eigenvalue weighted by Crippen LogP contribution is -2.13. The van der Waals surface area contributed by atoms with Gasteiger partial charge in [-0.25, -0.2) is 9.57 Å². The third kappa shape index (κ3) is 23.1. The molecular formula is C22H41N3O12. The van der Waals surface area contributed by atoms with E-state index in [1.807, 2.05) is 6.20 Å². The van der Waals surface area contributed by atoms with Crippen LogP contribution in [-0.4, -0.2) is 137 Å². The van der Waals surface area contributed by atoms with Crippen molar-refractivity contribution < 1.29 is 57.9 Å². The fourth-order valence-electron chi connectivity index (χ4n) is 2.53. The first kappa shape index (κ1) is 33.2. The molecule has 0 aliphatic carbocycles. The summed E-state index contributed by atoms with van der Waals surface area (Å²) in [7, 11) is 0. The number of aliphatic carboxylic acids is 1. The minimum atomic E-state index is -0.878. The zero-order valence-electron chi connectivity index (χ0n) is 21.3. The quantitative estimate of drug-likeness (QED) is 0.0783. The highest BCUT2D eigenvalue weighted by molar-refractivity contribution is 5.66. The summed E-state index contributed by atoms with van der Waals surface area (Å²) >= 11 is 0. The molecule has 0 saturated heterocycles. The van der Waals surface area contributed by atoms with Gasteiger partial charge in [0.25, 0.3) is 0 Å². The molecule has 0 saturated carbocycles. The zero-order valence-corrected chi connectivity index (χ0v) is 21.3. The number of rotatable bonds is 29.